The van der Waals surface area contributed by atoms with Gasteiger partial charge in [-0.15, -0.1) is 0 Å². The molecule has 0 aliphatic rings. The molecule has 2 N–H and O–H groups in total. The molecular weight excluding hydrogens is 142 g/mol. The van der Waals surface area contributed by atoms with Crippen LogP contribution in [0.4, 0.5) is 0 Å². The molecule has 0 saturated heterocycles. The summed E-state index contributed by atoms with van der Waals surface area (Å²) in [5, 5.41) is 0. The number of hydrogen-bond acceptors (Lipinski definition) is 3. The van der Waals surface area contributed by atoms with Gasteiger partial charge in [-0.05, 0) is 20.8 Å². The maximum Gasteiger partial charge on any atom is 0.335 e. The van der Waals surface area contributed by atoms with Crippen LogP contribution < -0.4 is 5.73 Å². The molecule has 0 unspecified atom stereocenters. The molecular formula is C8H15NO2. The molecule has 0 heterocycles. The Morgan fingerprint density at radius 3 is 2.27 bits per heavy atom. The molecule has 0 aliphatic heterocycles. The second kappa shape index (κ2) is 4.91. The van der Waals surface area contributed by atoms with E-state index in [1.165, 1.54) is 0 Å². The Hall–Kier alpha value is -0.830. The largest absolute Gasteiger partial charge is 0.463 e. The van der Waals surface area contributed by atoms with Crippen LogP contribution in [0.2, 0.25) is 0 Å². The predicted molar refractivity (Wildman–Crippen MR) is 44.1 cm³/mol. The average molecular weight is 157 g/mol. The minimum absolute atomic E-state index is 0.251. The highest BCUT2D eigenvalue weighted by Crippen LogP contribution is 2.03. The van der Waals surface area contributed by atoms with E-state index in [0.29, 0.717) is 12.2 Å². The molecule has 0 aromatic rings. The van der Waals surface area contributed by atoms with E-state index >= 15 is 0 Å². The molecule has 0 aliphatic carbocycles. The molecule has 0 spiro atoms. The van der Waals surface area contributed by atoms with Crippen LogP contribution in [-0.2, 0) is 9.53 Å². The SMILES string of the molecule is CCOC(=O)C(CN)=C(C)C. The van der Waals surface area contributed by atoms with Crippen molar-refractivity contribution in [2.24, 2.45) is 5.73 Å². The Kier molecular flexibility index (Phi) is 4.54. The van der Waals surface area contributed by atoms with Gasteiger partial charge in [0.15, 0.2) is 0 Å². The van der Waals surface area contributed by atoms with Gasteiger partial charge >= 0.3 is 5.97 Å². The zero-order valence-corrected chi connectivity index (χ0v) is 7.31. The first kappa shape index (κ1) is 10.2. The highest BCUT2D eigenvalue weighted by atomic mass is 16.5. The predicted octanol–water partition coefficient (Wildman–Crippen LogP) is 0.845. The maximum absolute atomic E-state index is 11.1. The van der Waals surface area contributed by atoms with Crippen LogP contribution in [0.5, 0.6) is 0 Å². The van der Waals surface area contributed by atoms with Gasteiger partial charge in [0.25, 0.3) is 0 Å². The van der Waals surface area contributed by atoms with E-state index in [1.54, 1.807) is 6.92 Å². The summed E-state index contributed by atoms with van der Waals surface area (Å²) in [6, 6.07) is 0. The van der Waals surface area contributed by atoms with Gasteiger partial charge in [0.2, 0.25) is 0 Å². The lowest BCUT2D eigenvalue weighted by molar-refractivity contribution is -0.138. The van der Waals surface area contributed by atoms with Crippen molar-refractivity contribution in [3.05, 3.63) is 11.1 Å². The summed E-state index contributed by atoms with van der Waals surface area (Å²) in [5.41, 5.74) is 6.84. The number of rotatable bonds is 3. The normalized spacial score (nSPS) is 9.09. The molecule has 3 nitrogen and oxygen atoms in total. The van der Waals surface area contributed by atoms with Crippen molar-refractivity contribution in [1.29, 1.82) is 0 Å². The van der Waals surface area contributed by atoms with Gasteiger partial charge in [-0.1, -0.05) is 5.57 Å². The van der Waals surface area contributed by atoms with Crippen molar-refractivity contribution in [2.45, 2.75) is 20.8 Å². The summed E-state index contributed by atoms with van der Waals surface area (Å²) >= 11 is 0. The van der Waals surface area contributed by atoms with Gasteiger partial charge in [-0.25, -0.2) is 4.79 Å². The lowest BCUT2D eigenvalue weighted by Gasteiger charge is -2.05. The highest BCUT2D eigenvalue weighted by Gasteiger charge is 2.08. The van der Waals surface area contributed by atoms with Crippen LogP contribution in [0, 0.1) is 0 Å². The second-order valence-electron chi connectivity index (χ2n) is 2.40. The third kappa shape index (κ3) is 3.18. The Labute approximate surface area is 67.2 Å². The Balaban J connectivity index is 4.28. The van der Waals surface area contributed by atoms with Crippen LogP contribution in [0.1, 0.15) is 20.8 Å². The summed E-state index contributed by atoms with van der Waals surface area (Å²) in [5.74, 6) is -0.296. The lowest BCUT2D eigenvalue weighted by atomic mass is 10.1. The Morgan fingerprint density at radius 2 is 2.00 bits per heavy atom. The van der Waals surface area contributed by atoms with Crippen molar-refractivity contribution in [3.63, 3.8) is 0 Å². The Bertz CT molecular complexity index is 169. The van der Waals surface area contributed by atoms with Gasteiger partial charge in [0.1, 0.15) is 0 Å². The van der Waals surface area contributed by atoms with Crippen LogP contribution >= 0.6 is 0 Å². The van der Waals surface area contributed by atoms with Crippen LogP contribution in [-0.4, -0.2) is 19.1 Å². The zero-order valence-electron chi connectivity index (χ0n) is 7.31. The number of nitrogens with two attached hydrogens (primary N) is 1. The van der Waals surface area contributed by atoms with E-state index in [4.69, 9.17) is 10.5 Å². The van der Waals surface area contributed by atoms with Gasteiger partial charge < -0.3 is 10.5 Å². The van der Waals surface area contributed by atoms with Gasteiger partial charge in [-0.3, -0.25) is 0 Å². The van der Waals surface area contributed by atoms with E-state index in [0.717, 1.165) is 5.57 Å². The number of ether oxygens (including phenoxy) is 1. The summed E-state index contributed by atoms with van der Waals surface area (Å²) < 4.78 is 4.78. The quantitative estimate of drug-likeness (QED) is 0.488. The van der Waals surface area contributed by atoms with Gasteiger partial charge in [0, 0.05) is 12.1 Å². The summed E-state index contributed by atoms with van der Waals surface area (Å²) in [7, 11) is 0. The summed E-state index contributed by atoms with van der Waals surface area (Å²) in [4.78, 5) is 11.1. The van der Waals surface area contributed by atoms with Crippen molar-refractivity contribution >= 4 is 5.97 Å². The topological polar surface area (TPSA) is 52.3 Å². The number of hydrogen-bond donors (Lipinski definition) is 1. The van der Waals surface area contributed by atoms with Crippen molar-refractivity contribution in [3.8, 4) is 0 Å². The fourth-order valence-electron chi connectivity index (χ4n) is 0.710. The van der Waals surface area contributed by atoms with Crippen LogP contribution in [0.15, 0.2) is 11.1 Å². The molecule has 0 amide bonds. The van der Waals surface area contributed by atoms with Crippen molar-refractivity contribution < 1.29 is 9.53 Å². The molecule has 0 radical (unpaired) electrons. The van der Waals surface area contributed by atoms with Gasteiger partial charge in [0.05, 0.1) is 6.61 Å². The fourth-order valence-corrected chi connectivity index (χ4v) is 0.710. The second-order valence-corrected chi connectivity index (χ2v) is 2.40. The molecule has 0 bridgehead atoms. The standard InChI is InChI=1S/C8H15NO2/c1-4-11-8(10)7(5-9)6(2)3/h4-5,9H2,1-3H3. The first-order valence-electron chi connectivity index (χ1n) is 3.67. The Morgan fingerprint density at radius 1 is 1.45 bits per heavy atom. The van der Waals surface area contributed by atoms with E-state index in [1.807, 2.05) is 13.8 Å². The molecule has 3 heteroatoms. The highest BCUT2D eigenvalue weighted by molar-refractivity contribution is 5.89. The molecule has 0 rings (SSSR count). The van der Waals surface area contributed by atoms with Crippen LogP contribution in [0.3, 0.4) is 0 Å². The summed E-state index contributed by atoms with van der Waals surface area (Å²) in [6.07, 6.45) is 0. The minimum Gasteiger partial charge on any atom is -0.463 e. The van der Waals surface area contributed by atoms with Crippen molar-refractivity contribution in [1.82, 2.24) is 0 Å². The molecule has 0 aromatic heterocycles. The zero-order chi connectivity index (χ0) is 8.85. The smallest absolute Gasteiger partial charge is 0.335 e. The van der Waals surface area contributed by atoms with E-state index in [-0.39, 0.29) is 12.5 Å². The number of carbonyl (C=O) groups excluding carboxylic acids is 1. The summed E-state index contributed by atoms with van der Waals surface area (Å²) in [6.45, 7) is 6.12. The number of allylic oxidation sites excluding steroid dienone is 1. The molecule has 64 valence electrons. The average Bonchev–Trinajstić information content (AvgIpc) is 1.88. The van der Waals surface area contributed by atoms with Crippen molar-refractivity contribution in [2.75, 3.05) is 13.2 Å². The van der Waals surface area contributed by atoms with E-state index < -0.39 is 0 Å². The maximum atomic E-state index is 11.1. The fraction of sp³-hybridized carbons (Fsp3) is 0.625. The molecule has 0 atom stereocenters. The lowest BCUT2D eigenvalue weighted by Crippen LogP contribution is -2.16. The number of carbonyl (C=O) groups is 1. The molecule has 0 fully saturated rings. The third-order valence-corrected chi connectivity index (χ3v) is 1.33. The molecule has 0 saturated carbocycles. The van der Waals surface area contributed by atoms with E-state index in [2.05, 4.69) is 0 Å². The monoisotopic (exact) mass is 157 g/mol. The first-order valence-corrected chi connectivity index (χ1v) is 3.67. The third-order valence-electron chi connectivity index (χ3n) is 1.33. The molecule has 11 heavy (non-hydrogen) atoms. The van der Waals surface area contributed by atoms with E-state index in [9.17, 15) is 4.79 Å². The first-order chi connectivity index (χ1) is 5.13. The molecule has 0 aromatic carbocycles. The van der Waals surface area contributed by atoms with Crippen LogP contribution in [0.25, 0.3) is 0 Å². The minimum atomic E-state index is -0.296. The number of esters is 1. The van der Waals surface area contributed by atoms with Gasteiger partial charge in [-0.2, -0.15) is 0 Å².